The van der Waals surface area contributed by atoms with Crippen LogP contribution in [0.3, 0.4) is 0 Å². The van der Waals surface area contributed by atoms with Gasteiger partial charge in [-0.05, 0) is 36.6 Å². The third-order valence-corrected chi connectivity index (χ3v) is 4.64. The van der Waals surface area contributed by atoms with Gasteiger partial charge in [0.1, 0.15) is 11.9 Å². The first-order valence-electron chi connectivity index (χ1n) is 8.19. The monoisotopic (exact) mass is 367 g/mol. The molecule has 0 amide bonds. The highest BCUT2D eigenvalue weighted by molar-refractivity contribution is 5.74. The van der Waals surface area contributed by atoms with Crippen LogP contribution in [-0.2, 0) is 11.0 Å². The summed E-state index contributed by atoms with van der Waals surface area (Å²) in [7, 11) is 0. The van der Waals surface area contributed by atoms with Gasteiger partial charge in [0.2, 0.25) is 0 Å². The molecule has 0 bridgehead atoms. The molecule has 0 aliphatic carbocycles. The minimum Gasteiger partial charge on any atom is -0.480 e. The zero-order chi connectivity index (χ0) is 18.9. The van der Waals surface area contributed by atoms with Crippen LogP contribution in [0.4, 0.5) is 17.6 Å². The minimum absolute atomic E-state index is 0.167. The second-order valence-corrected chi connectivity index (χ2v) is 6.28. The molecule has 1 fully saturated rings. The fraction of sp³-hybridized carbons (Fsp3) is 0.316. The smallest absolute Gasteiger partial charge is 0.416 e. The van der Waals surface area contributed by atoms with Crippen molar-refractivity contribution in [3.8, 4) is 0 Å². The molecule has 0 saturated carbocycles. The van der Waals surface area contributed by atoms with E-state index in [1.165, 1.54) is 30.3 Å². The van der Waals surface area contributed by atoms with Gasteiger partial charge in [0.05, 0.1) is 11.6 Å². The predicted octanol–water partition coefficient (Wildman–Crippen LogP) is 4.48. The van der Waals surface area contributed by atoms with Gasteiger partial charge in [0.25, 0.3) is 0 Å². The highest BCUT2D eigenvalue weighted by Crippen LogP contribution is 2.38. The number of likely N-dealkylation sites (tertiary alicyclic amines) is 1. The largest absolute Gasteiger partial charge is 0.480 e. The molecule has 0 spiro atoms. The number of nitrogens with zero attached hydrogens (tertiary/aromatic N) is 1. The molecular weight excluding hydrogens is 350 g/mol. The number of carbonyl (C=O) groups is 1. The summed E-state index contributed by atoms with van der Waals surface area (Å²) in [6, 6.07) is 8.66. The number of hydrogen-bond donors (Lipinski definition) is 1. The van der Waals surface area contributed by atoms with Crippen LogP contribution in [0.25, 0.3) is 0 Å². The Morgan fingerprint density at radius 1 is 1.15 bits per heavy atom. The Kier molecular flexibility index (Phi) is 5.00. The van der Waals surface area contributed by atoms with Crippen molar-refractivity contribution in [1.29, 1.82) is 0 Å². The SMILES string of the molecule is O=C(O)C1CCCN1C(c1cccc(C(F)(F)F)c1)c1ccccc1F. The summed E-state index contributed by atoms with van der Waals surface area (Å²) in [6.45, 7) is 0.367. The summed E-state index contributed by atoms with van der Waals surface area (Å²) in [5.41, 5.74) is -0.458. The Balaban J connectivity index is 2.13. The van der Waals surface area contributed by atoms with E-state index >= 15 is 0 Å². The Labute approximate surface area is 147 Å². The molecule has 2 aromatic carbocycles. The molecule has 1 heterocycles. The number of aliphatic carboxylic acids is 1. The van der Waals surface area contributed by atoms with Crippen molar-refractivity contribution in [3.05, 3.63) is 71.0 Å². The number of alkyl halides is 3. The molecular formula is C19H17F4NO2. The number of halogens is 4. The molecule has 2 unspecified atom stereocenters. The van der Waals surface area contributed by atoms with Crippen LogP contribution in [0.5, 0.6) is 0 Å². The maximum Gasteiger partial charge on any atom is 0.416 e. The maximum absolute atomic E-state index is 14.4. The first-order chi connectivity index (χ1) is 12.3. The van der Waals surface area contributed by atoms with E-state index in [0.29, 0.717) is 19.4 Å². The van der Waals surface area contributed by atoms with E-state index in [2.05, 4.69) is 0 Å². The third kappa shape index (κ3) is 3.58. The van der Waals surface area contributed by atoms with Crippen molar-refractivity contribution in [2.24, 2.45) is 0 Å². The summed E-state index contributed by atoms with van der Waals surface area (Å²) >= 11 is 0. The molecule has 3 rings (SSSR count). The topological polar surface area (TPSA) is 40.5 Å². The van der Waals surface area contributed by atoms with Crippen molar-refractivity contribution in [1.82, 2.24) is 4.90 Å². The Morgan fingerprint density at radius 3 is 2.54 bits per heavy atom. The summed E-state index contributed by atoms with van der Waals surface area (Å²) in [5, 5.41) is 9.46. The highest BCUT2D eigenvalue weighted by atomic mass is 19.4. The highest BCUT2D eigenvalue weighted by Gasteiger charge is 2.39. The van der Waals surface area contributed by atoms with Gasteiger partial charge in [0, 0.05) is 12.1 Å². The van der Waals surface area contributed by atoms with Crippen LogP contribution in [0.2, 0.25) is 0 Å². The van der Waals surface area contributed by atoms with Crippen LogP contribution >= 0.6 is 0 Å². The lowest BCUT2D eigenvalue weighted by Crippen LogP contribution is -2.39. The molecule has 138 valence electrons. The van der Waals surface area contributed by atoms with Crippen molar-refractivity contribution in [2.75, 3.05) is 6.54 Å². The second kappa shape index (κ2) is 7.07. The molecule has 2 atom stereocenters. The first kappa shape index (κ1) is 18.4. The van der Waals surface area contributed by atoms with Crippen molar-refractivity contribution in [3.63, 3.8) is 0 Å². The van der Waals surface area contributed by atoms with Crippen LogP contribution in [0.1, 0.15) is 35.6 Å². The molecule has 7 heteroatoms. The quantitative estimate of drug-likeness (QED) is 0.810. The van der Waals surface area contributed by atoms with Gasteiger partial charge in [-0.3, -0.25) is 9.69 Å². The lowest BCUT2D eigenvalue weighted by molar-refractivity contribution is -0.143. The van der Waals surface area contributed by atoms with E-state index in [4.69, 9.17) is 0 Å². The maximum atomic E-state index is 14.4. The van der Waals surface area contributed by atoms with E-state index in [1.54, 1.807) is 11.0 Å². The van der Waals surface area contributed by atoms with Gasteiger partial charge in [-0.15, -0.1) is 0 Å². The average Bonchev–Trinajstić information content (AvgIpc) is 3.06. The lowest BCUT2D eigenvalue weighted by atomic mass is 9.94. The van der Waals surface area contributed by atoms with Crippen LogP contribution < -0.4 is 0 Å². The average molecular weight is 367 g/mol. The molecule has 2 aromatic rings. The molecule has 1 aliphatic rings. The normalized spacial score (nSPS) is 19.5. The Morgan fingerprint density at radius 2 is 1.88 bits per heavy atom. The predicted molar refractivity (Wildman–Crippen MR) is 87.1 cm³/mol. The number of carboxylic acids is 1. The molecule has 1 saturated heterocycles. The van der Waals surface area contributed by atoms with E-state index < -0.39 is 35.6 Å². The summed E-state index contributed by atoms with van der Waals surface area (Å²) in [5.74, 6) is -1.64. The van der Waals surface area contributed by atoms with Crippen LogP contribution in [0.15, 0.2) is 48.5 Å². The number of rotatable bonds is 4. The zero-order valence-electron chi connectivity index (χ0n) is 13.7. The van der Waals surface area contributed by atoms with Crippen LogP contribution in [0, 0.1) is 5.82 Å². The molecule has 3 nitrogen and oxygen atoms in total. The Hall–Kier alpha value is -2.41. The minimum atomic E-state index is -4.53. The molecule has 26 heavy (non-hydrogen) atoms. The number of benzene rings is 2. The molecule has 0 aromatic heterocycles. The molecule has 1 aliphatic heterocycles. The van der Waals surface area contributed by atoms with E-state index in [1.807, 2.05) is 0 Å². The summed E-state index contributed by atoms with van der Waals surface area (Å²) < 4.78 is 53.8. The fourth-order valence-corrected chi connectivity index (χ4v) is 3.49. The number of hydrogen-bond acceptors (Lipinski definition) is 2. The van der Waals surface area contributed by atoms with Gasteiger partial charge >= 0.3 is 12.1 Å². The van der Waals surface area contributed by atoms with Gasteiger partial charge in [-0.1, -0.05) is 30.3 Å². The van der Waals surface area contributed by atoms with Crippen LogP contribution in [-0.4, -0.2) is 28.6 Å². The van der Waals surface area contributed by atoms with Gasteiger partial charge in [-0.25, -0.2) is 4.39 Å². The van der Waals surface area contributed by atoms with Gasteiger partial charge in [-0.2, -0.15) is 13.2 Å². The van der Waals surface area contributed by atoms with Crippen molar-refractivity contribution < 1.29 is 27.5 Å². The second-order valence-electron chi connectivity index (χ2n) is 6.28. The zero-order valence-corrected chi connectivity index (χ0v) is 13.7. The van der Waals surface area contributed by atoms with Gasteiger partial charge < -0.3 is 5.11 Å². The lowest BCUT2D eigenvalue weighted by Gasteiger charge is -2.32. The summed E-state index contributed by atoms with van der Waals surface area (Å²) in [6.07, 6.45) is -3.58. The van der Waals surface area contributed by atoms with Gasteiger partial charge in [0.15, 0.2) is 0 Å². The third-order valence-electron chi connectivity index (χ3n) is 4.64. The summed E-state index contributed by atoms with van der Waals surface area (Å²) in [4.78, 5) is 13.1. The number of carboxylic acid groups (broad SMARTS) is 1. The van der Waals surface area contributed by atoms with Crippen molar-refractivity contribution in [2.45, 2.75) is 31.1 Å². The van der Waals surface area contributed by atoms with Crippen molar-refractivity contribution >= 4 is 5.97 Å². The first-order valence-corrected chi connectivity index (χ1v) is 8.19. The Bertz CT molecular complexity index is 806. The van der Waals surface area contributed by atoms with E-state index in [0.717, 1.165) is 12.1 Å². The van der Waals surface area contributed by atoms with E-state index in [9.17, 15) is 27.5 Å². The van der Waals surface area contributed by atoms with E-state index in [-0.39, 0.29) is 11.1 Å². The fourth-order valence-electron chi connectivity index (χ4n) is 3.49. The standard InChI is InChI=1S/C19H17F4NO2/c20-15-8-2-1-7-14(15)17(24-10-4-9-16(24)18(25)26)12-5-3-6-13(11-12)19(21,22)23/h1-3,5-8,11,16-17H,4,9-10H2,(H,25,26). The molecule has 0 radical (unpaired) electrons. The molecule has 1 N–H and O–H groups in total.